The van der Waals surface area contributed by atoms with Crippen LogP contribution in [0.4, 0.5) is 0 Å². The Hall–Kier alpha value is -4.34. The molecule has 5 rings (SSSR count). The number of aryl methyl sites for hydroxylation is 1. The van der Waals surface area contributed by atoms with Crippen LogP contribution in [0.25, 0.3) is 0 Å². The second kappa shape index (κ2) is 18.1. The second-order valence-electron chi connectivity index (χ2n) is 13.4. The normalized spacial score (nSPS) is 18.0. The van der Waals surface area contributed by atoms with Crippen molar-refractivity contribution < 1.29 is 28.0 Å². The van der Waals surface area contributed by atoms with Crippen LogP contribution >= 0.6 is 8.53 Å². The van der Waals surface area contributed by atoms with Gasteiger partial charge in [0.1, 0.15) is 23.2 Å². The predicted octanol–water partition coefficient (Wildman–Crippen LogP) is 6.59. The lowest BCUT2D eigenvalue weighted by Crippen LogP contribution is -2.39. The Balaban J connectivity index is 1.60. The van der Waals surface area contributed by atoms with Gasteiger partial charge in [-0.3, -0.25) is 9.78 Å². The molecular formula is C40H49N4O8P. The van der Waals surface area contributed by atoms with E-state index in [-0.39, 0.29) is 31.7 Å². The third kappa shape index (κ3) is 9.07. The summed E-state index contributed by atoms with van der Waals surface area (Å²) < 4.78 is 41.6. The number of nitrogens with one attached hydrogen (secondary N) is 1. The van der Waals surface area contributed by atoms with Crippen molar-refractivity contribution in [3.63, 3.8) is 0 Å². The van der Waals surface area contributed by atoms with Crippen molar-refractivity contribution in [2.75, 3.05) is 27.4 Å². The summed E-state index contributed by atoms with van der Waals surface area (Å²) in [6, 6.07) is 27.8. The zero-order chi connectivity index (χ0) is 38.1. The first-order valence-corrected chi connectivity index (χ1v) is 18.8. The van der Waals surface area contributed by atoms with Gasteiger partial charge in [-0.25, -0.2) is 9.46 Å². The largest absolute Gasteiger partial charge is 0.497 e. The van der Waals surface area contributed by atoms with Gasteiger partial charge in [0.2, 0.25) is 0 Å². The summed E-state index contributed by atoms with van der Waals surface area (Å²) in [5, 5.41) is 9.29. The van der Waals surface area contributed by atoms with Gasteiger partial charge in [-0.05, 0) is 68.7 Å². The van der Waals surface area contributed by atoms with Gasteiger partial charge in [-0.2, -0.15) is 5.26 Å². The molecule has 1 saturated heterocycles. The molecule has 1 aliphatic heterocycles. The molecule has 0 saturated carbocycles. The molecule has 4 atom stereocenters. The van der Waals surface area contributed by atoms with E-state index in [9.17, 15) is 14.9 Å². The number of aromatic amines is 1. The van der Waals surface area contributed by atoms with Crippen LogP contribution < -0.4 is 20.7 Å². The van der Waals surface area contributed by atoms with Gasteiger partial charge in [-0.1, -0.05) is 54.6 Å². The summed E-state index contributed by atoms with van der Waals surface area (Å²) in [7, 11) is 3.17. The molecule has 13 heteroatoms. The van der Waals surface area contributed by atoms with Gasteiger partial charge < -0.3 is 32.6 Å². The molecule has 282 valence electrons. The number of benzene rings is 3. The first-order chi connectivity index (χ1) is 25.5. The second-order valence-corrected chi connectivity index (χ2v) is 14.8. The van der Waals surface area contributed by atoms with Crippen LogP contribution in [-0.4, -0.2) is 65.9 Å². The molecule has 53 heavy (non-hydrogen) atoms. The Labute approximate surface area is 312 Å². The highest BCUT2D eigenvalue weighted by Gasteiger charge is 2.45. The van der Waals surface area contributed by atoms with Crippen LogP contribution in [0, 0.1) is 11.3 Å². The summed E-state index contributed by atoms with van der Waals surface area (Å²) in [6.07, 6.45) is 0.0324. The highest BCUT2D eigenvalue weighted by Crippen LogP contribution is 2.51. The van der Waals surface area contributed by atoms with E-state index < -0.39 is 43.7 Å². The zero-order valence-corrected chi connectivity index (χ0v) is 32.2. The molecule has 0 radical (unpaired) electrons. The highest BCUT2D eigenvalue weighted by atomic mass is 31.2. The number of H-pyrrole nitrogens is 1. The van der Waals surface area contributed by atoms with Crippen LogP contribution in [0.1, 0.15) is 68.9 Å². The highest BCUT2D eigenvalue weighted by molar-refractivity contribution is 7.44. The maximum atomic E-state index is 13.2. The first-order valence-electron chi connectivity index (χ1n) is 17.7. The van der Waals surface area contributed by atoms with E-state index in [1.165, 1.54) is 10.8 Å². The van der Waals surface area contributed by atoms with Crippen molar-refractivity contribution in [1.82, 2.24) is 14.2 Å². The van der Waals surface area contributed by atoms with E-state index in [4.69, 9.17) is 28.0 Å². The quantitative estimate of drug-likeness (QED) is 0.0716. The number of nitriles is 1. The molecule has 1 aromatic heterocycles. The number of rotatable bonds is 17. The number of aromatic nitrogens is 2. The molecule has 0 bridgehead atoms. The van der Waals surface area contributed by atoms with Crippen LogP contribution in [-0.2, 0) is 31.2 Å². The van der Waals surface area contributed by atoms with Crippen LogP contribution in [0.5, 0.6) is 11.5 Å². The Kier molecular flexibility index (Phi) is 13.6. The average molecular weight is 745 g/mol. The Morgan fingerprint density at radius 3 is 2.02 bits per heavy atom. The van der Waals surface area contributed by atoms with Gasteiger partial charge in [0.05, 0.1) is 57.7 Å². The molecule has 0 spiro atoms. The van der Waals surface area contributed by atoms with E-state index >= 15 is 0 Å². The van der Waals surface area contributed by atoms with Crippen molar-refractivity contribution in [3.05, 3.63) is 128 Å². The summed E-state index contributed by atoms with van der Waals surface area (Å²) in [6.45, 7) is 8.53. The number of ether oxygens (including phenoxy) is 4. The maximum absolute atomic E-state index is 13.2. The van der Waals surface area contributed by atoms with Crippen molar-refractivity contribution in [3.8, 4) is 17.6 Å². The standard InChI is InChI=1S/C40H49N4O8P/c1-27(2)44(28(3)4)53(50-23-11-22-41)52-36-24-35(34-25-43(5)39(46)42-38(34)45)51-37(36)26-49-40(29-12-9-8-10-13-29,30-14-18-32(47-6)19-15-30)31-16-20-33(48-7)21-17-31/h8-10,12-21,25,27-28,35-37H,11,23-24,26H2,1-7H3,(H,42,45,46)/t35-,36+,37-,53?/m1/s1. The van der Waals surface area contributed by atoms with E-state index in [1.807, 2.05) is 78.9 Å². The van der Waals surface area contributed by atoms with E-state index in [0.717, 1.165) is 16.7 Å². The fourth-order valence-electron chi connectivity index (χ4n) is 6.68. The Morgan fingerprint density at radius 2 is 1.49 bits per heavy atom. The lowest BCUT2D eigenvalue weighted by molar-refractivity contribution is -0.0808. The van der Waals surface area contributed by atoms with Crippen LogP contribution in [0.3, 0.4) is 0 Å². The van der Waals surface area contributed by atoms with Crippen LogP contribution in [0.2, 0.25) is 0 Å². The molecular weight excluding hydrogens is 695 g/mol. The molecule has 3 aromatic carbocycles. The summed E-state index contributed by atoms with van der Waals surface area (Å²) in [4.78, 5) is 27.8. The van der Waals surface area contributed by atoms with Gasteiger partial charge in [-0.15, -0.1) is 0 Å². The third-order valence-corrected chi connectivity index (χ3v) is 11.4. The van der Waals surface area contributed by atoms with E-state index in [0.29, 0.717) is 23.5 Å². The monoisotopic (exact) mass is 744 g/mol. The topological polar surface area (TPSA) is 137 Å². The minimum atomic E-state index is -1.66. The van der Waals surface area contributed by atoms with Crippen molar-refractivity contribution in [1.29, 1.82) is 5.26 Å². The molecule has 1 aliphatic rings. The molecule has 0 aliphatic carbocycles. The third-order valence-electron chi connectivity index (χ3n) is 9.21. The summed E-state index contributed by atoms with van der Waals surface area (Å²) in [5.41, 5.74) is 0.720. The van der Waals surface area contributed by atoms with Gasteiger partial charge in [0.15, 0.2) is 0 Å². The summed E-state index contributed by atoms with van der Waals surface area (Å²) >= 11 is 0. The van der Waals surface area contributed by atoms with Gasteiger partial charge in [0, 0.05) is 31.7 Å². The fourth-order valence-corrected chi connectivity index (χ4v) is 8.44. The molecule has 1 N–H and O–H groups in total. The first kappa shape index (κ1) is 39.9. The molecule has 1 unspecified atom stereocenters. The molecule has 12 nitrogen and oxygen atoms in total. The smallest absolute Gasteiger partial charge is 0.328 e. The van der Waals surface area contributed by atoms with Crippen molar-refractivity contribution >= 4 is 8.53 Å². The molecule has 4 aromatic rings. The van der Waals surface area contributed by atoms with Crippen molar-refractivity contribution in [2.24, 2.45) is 7.05 Å². The average Bonchev–Trinajstić information content (AvgIpc) is 3.56. The molecule has 1 fully saturated rings. The molecule has 2 heterocycles. The van der Waals surface area contributed by atoms with Gasteiger partial charge >= 0.3 is 5.69 Å². The lowest BCUT2D eigenvalue weighted by atomic mass is 9.80. The number of hydrogen-bond acceptors (Lipinski definition) is 10. The minimum absolute atomic E-state index is 0.0442. The Bertz CT molecular complexity index is 1870. The fraction of sp³-hybridized carbons (Fsp3) is 0.425. The lowest BCUT2D eigenvalue weighted by Gasteiger charge is -2.39. The summed E-state index contributed by atoms with van der Waals surface area (Å²) in [5.74, 6) is 1.40. The predicted molar refractivity (Wildman–Crippen MR) is 203 cm³/mol. The SMILES string of the molecule is COc1ccc(C(OC[C@H]2O[C@@H](c3cn(C)c(=O)[nH]c3=O)C[C@@H]2OP(OCCC#N)N(C(C)C)C(C)C)(c2ccccc2)c2ccc(OC)cc2)cc1. The van der Waals surface area contributed by atoms with Gasteiger partial charge in [0.25, 0.3) is 14.1 Å². The maximum Gasteiger partial charge on any atom is 0.328 e. The van der Waals surface area contributed by atoms with E-state index in [2.05, 4.69) is 43.4 Å². The zero-order valence-electron chi connectivity index (χ0n) is 31.4. The number of hydrogen-bond donors (Lipinski definition) is 1. The van der Waals surface area contributed by atoms with Crippen LogP contribution in [0.15, 0.2) is 94.6 Å². The minimum Gasteiger partial charge on any atom is -0.497 e. The number of nitrogens with zero attached hydrogens (tertiary/aromatic N) is 3. The van der Waals surface area contributed by atoms with Crippen molar-refractivity contribution in [2.45, 2.75) is 76.5 Å². The Morgan fingerprint density at radius 1 is 0.925 bits per heavy atom. The molecule has 0 amide bonds. The number of methoxy groups -OCH3 is 2. The van der Waals surface area contributed by atoms with E-state index in [1.54, 1.807) is 21.3 Å².